The van der Waals surface area contributed by atoms with Gasteiger partial charge in [0.2, 0.25) is 15.5 Å². The molecular weight excluding hydrogens is 221 g/mol. The van der Waals surface area contributed by atoms with E-state index in [1.54, 1.807) is 0 Å². The van der Waals surface area contributed by atoms with E-state index in [1.807, 2.05) is 0 Å². The van der Waals surface area contributed by atoms with Gasteiger partial charge in [0.25, 0.3) is 10.0 Å². The van der Waals surface area contributed by atoms with E-state index in [0.29, 0.717) is 0 Å². The molecule has 0 fully saturated rings. The molecule has 0 spiro atoms. The van der Waals surface area contributed by atoms with Crippen LogP contribution < -0.4 is 4.13 Å². The Morgan fingerprint density at radius 3 is 1.62 bits per heavy atom. The van der Waals surface area contributed by atoms with E-state index in [0.717, 1.165) is 6.92 Å². The molecule has 0 aliphatic carbocycles. The Hall–Kier alpha value is -0.210. The summed E-state index contributed by atoms with van der Waals surface area (Å²) in [4.78, 5) is 0. The summed E-state index contributed by atoms with van der Waals surface area (Å²) in [6.45, 7) is 3.33. The van der Waals surface area contributed by atoms with Crippen LogP contribution in [0.1, 0.15) is 20.8 Å². The van der Waals surface area contributed by atoms with Gasteiger partial charge in [-0.15, -0.1) is 4.13 Å². The summed E-state index contributed by atoms with van der Waals surface area (Å²) < 4.78 is 57.2. The Balaban J connectivity index is 4.86. The minimum atomic E-state index is -4.41. The average Bonchev–Trinajstić information content (AvgIpc) is 1.83. The molecule has 0 radical (unpaired) electrons. The summed E-state index contributed by atoms with van der Waals surface area (Å²) in [7, 11) is -8.38. The fraction of sp³-hybridized carbons (Fsp3) is 1.00. The molecule has 0 saturated carbocycles. The lowest BCUT2D eigenvalue weighted by Crippen LogP contribution is -2.39. The first kappa shape index (κ1) is 12.8. The van der Waals surface area contributed by atoms with Crippen molar-refractivity contribution >= 4 is 20.0 Å². The summed E-state index contributed by atoms with van der Waals surface area (Å²) in [6.07, 6.45) is 0. The first-order chi connectivity index (χ1) is 5.59. The fourth-order valence-electron chi connectivity index (χ4n) is 0.324. The molecule has 1 atom stereocenters. The Bertz CT molecular complexity index is 320. The predicted octanol–water partition coefficient (Wildman–Crippen LogP) is -0.0405. The molecule has 0 aromatic rings. The van der Waals surface area contributed by atoms with Crippen molar-refractivity contribution in [3.05, 3.63) is 0 Å². The second-order valence-electron chi connectivity index (χ2n) is 2.77. The summed E-state index contributed by atoms with van der Waals surface area (Å²) in [5.74, 6) is 0. The molecule has 0 heterocycles. The summed E-state index contributed by atoms with van der Waals surface area (Å²) in [6, 6.07) is 0. The van der Waals surface area contributed by atoms with Crippen LogP contribution in [0, 0.1) is 0 Å². The van der Waals surface area contributed by atoms with Gasteiger partial charge >= 0.3 is 0 Å². The standard InChI is InChI=1S/C5H12FNO4S2/c1-4(2)12(8,9)7-13(10,11)5(3)6/h4-5,7H,1-3H3. The molecule has 0 saturated heterocycles. The van der Waals surface area contributed by atoms with E-state index in [2.05, 4.69) is 0 Å². The number of sulfonamides is 2. The molecule has 0 amide bonds. The summed E-state index contributed by atoms with van der Waals surface area (Å²) in [5, 5.41) is -0.916. The Labute approximate surface area is 77.4 Å². The van der Waals surface area contributed by atoms with Crippen molar-refractivity contribution in [1.29, 1.82) is 0 Å². The van der Waals surface area contributed by atoms with Crippen molar-refractivity contribution in [2.45, 2.75) is 31.5 Å². The van der Waals surface area contributed by atoms with Crippen molar-refractivity contribution in [3.63, 3.8) is 0 Å². The minimum Gasteiger partial charge on any atom is -0.229 e. The van der Waals surface area contributed by atoms with E-state index in [4.69, 9.17) is 0 Å². The molecule has 0 aliphatic heterocycles. The molecule has 1 unspecified atom stereocenters. The van der Waals surface area contributed by atoms with Gasteiger partial charge in [0.15, 0.2) is 0 Å². The molecule has 13 heavy (non-hydrogen) atoms. The zero-order valence-corrected chi connectivity index (χ0v) is 9.12. The first-order valence-corrected chi connectivity index (χ1v) is 6.59. The van der Waals surface area contributed by atoms with E-state index in [-0.39, 0.29) is 0 Å². The highest BCUT2D eigenvalue weighted by molar-refractivity contribution is 8.05. The van der Waals surface area contributed by atoms with Crippen molar-refractivity contribution in [2.24, 2.45) is 0 Å². The quantitative estimate of drug-likeness (QED) is 0.738. The van der Waals surface area contributed by atoms with E-state index in [1.165, 1.54) is 18.0 Å². The molecule has 5 nitrogen and oxygen atoms in total. The van der Waals surface area contributed by atoms with Crippen molar-refractivity contribution in [3.8, 4) is 0 Å². The van der Waals surface area contributed by atoms with Gasteiger partial charge in [-0.1, -0.05) is 0 Å². The van der Waals surface area contributed by atoms with Crippen LogP contribution in [0.4, 0.5) is 4.39 Å². The third-order valence-corrected chi connectivity index (χ3v) is 5.24. The highest BCUT2D eigenvalue weighted by atomic mass is 32.3. The highest BCUT2D eigenvalue weighted by Gasteiger charge is 2.28. The van der Waals surface area contributed by atoms with Gasteiger partial charge in [0.1, 0.15) is 0 Å². The lowest BCUT2D eigenvalue weighted by molar-refractivity contribution is 0.441. The largest absolute Gasteiger partial charge is 0.256 e. The van der Waals surface area contributed by atoms with Gasteiger partial charge in [-0.2, -0.15) is 0 Å². The molecule has 0 rings (SSSR count). The topological polar surface area (TPSA) is 80.3 Å². The van der Waals surface area contributed by atoms with Gasteiger partial charge in [0.05, 0.1) is 5.25 Å². The van der Waals surface area contributed by atoms with Crippen molar-refractivity contribution in [1.82, 2.24) is 4.13 Å². The maximum atomic E-state index is 12.4. The summed E-state index contributed by atoms with van der Waals surface area (Å²) in [5.41, 5.74) is -2.25. The van der Waals surface area contributed by atoms with Crippen LogP contribution in [0.3, 0.4) is 0 Å². The molecule has 1 N–H and O–H groups in total. The maximum Gasteiger partial charge on any atom is 0.256 e. The third-order valence-electron chi connectivity index (χ3n) is 1.28. The van der Waals surface area contributed by atoms with Crippen LogP contribution >= 0.6 is 0 Å². The van der Waals surface area contributed by atoms with Crippen LogP contribution in [0.5, 0.6) is 0 Å². The number of alkyl halides is 1. The third kappa shape index (κ3) is 3.57. The molecular formula is C5H12FNO4S2. The molecule has 0 aromatic heterocycles. The maximum absolute atomic E-state index is 12.4. The second-order valence-corrected chi connectivity index (χ2v) is 7.20. The Morgan fingerprint density at radius 2 is 1.38 bits per heavy atom. The number of nitrogens with one attached hydrogen (secondary N) is 1. The van der Waals surface area contributed by atoms with Gasteiger partial charge in [0, 0.05) is 0 Å². The number of rotatable bonds is 4. The fourth-order valence-corrected chi connectivity index (χ4v) is 2.92. The minimum absolute atomic E-state index is 0.748. The van der Waals surface area contributed by atoms with Crippen LogP contribution in [0.2, 0.25) is 0 Å². The molecule has 0 aliphatic rings. The lowest BCUT2D eigenvalue weighted by atomic mass is 10.6. The number of hydrogen-bond acceptors (Lipinski definition) is 4. The van der Waals surface area contributed by atoms with Gasteiger partial charge < -0.3 is 0 Å². The Kier molecular flexibility index (Phi) is 3.82. The van der Waals surface area contributed by atoms with Gasteiger partial charge in [-0.05, 0) is 20.8 Å². The number of halogens is 1. The van der Waals surface area contributed by atoms with Crippen LogP contribution in [-0.4, -0.2) is 27.6 Å². The van der Waals surface area contributed by atoms with E-state index in [9.17, 15) is 21.2 Å². The zero-order chi connectivity index (χ0) is 10.9. The first-order valence-electron chi connectivity index (χ1n) is 3.50. The van der Waals surface area contributed by atoms with Crippen LogP contribution in [0.15, 0.2) is 0 Å². The van der Waals surface area contributed by atoms with Crippen LogP contribution in [0.25, 0.3) is 0 Å². The Morgan fingerprint density at radius 1 is 1.00 bits per heavy atom. The van der Waals surface area contributed by atoms with Gasteiger partial charge in [-0.25, -0.2) is 21.2 Å². The number of hydrogen-bond donors (Lipinski definition) is 1. The smallest absolute Gasteiger partial charge is 0.229 e. The van der Waals surface area contributed by atoms with Gasteiger partial charge in [-0.3, -0.25) is 0 Å². The monoisotopic (exact) mass is 233 g/mol. The second kappa shape index (κ2) is 3.89. The molecule has 80 valence electrons. The average molecular weight is 233 g/mol. The van der Waals surface area contributed by atoms with Crippen molar-refractivity contribution in [2.75, 3.05) is 0 Å². The lowest BCUT2D eigenvalue weighted by Gasteiger charge is -2.10. The SMILES string of the molecule is CC(C)S(=O)(=O)NS(=O)(=O)C(C)F. The molecule has 8 heteroatoms. The van der Waals surface area contributed by atoms with E-state index < -0.39 is 30.8 Å². The molecule has 0 aromatic carbocycles. The predicted molar refractivity (Wildman–Crippen MR) is 46.7 cm³/mol. The normalized spacial score (nSPS) is 16.1. The van der Waals surface area contributed by atoms with Crippen molar-refractivity contribution < 1.29 is 21.2 Å². The van der Waals surface area contributed by atoms with Crippen LogP contribution in [-0.2, 0) is 20.0 Å². The summed E-state index contributed by atoms with van der Waals surface area (Å²) >= 11 is 0. The van der Waals surface area contributed by atoms with E-state index >= 15 is 0 Å². The highest BCUT2D eigenvalue weighted by Crippen LogP contribution is 2.04. The molecule has 0 bridgehead atoms. The zero-order valence-electron chi connectivity index (χ0n) is 7.48.